The van der Waals surface area contributed by atoms with E-state index in [1.54, 1.807) is 0 Å². The maximum atomic E-state index is 10.6. The summed E-state index contributed by atoms with van der Waals surface area (Å²) in [5.74, 6) is 1.97. The molecule has 17 heavy (non-hydrogen) atoms. The molecule has 0 amide bonds. The molecule has 2 aliphatic carbocycles. The number of hydrogen-bond acceptors (Lipinski definition) is 2. The topological polar surface area (TPSA) is 29.5 Å². The van der Waals surface area contributed by atoms with Gasteiger partial charge in [0.05, 0.1) is 12.2 Å². The average Bonchev–Trinajstić information content (AvgIpc) is 3.19. The molecule has 0 heterocycles. The van der Waals surface area contributed by atoms with Gasteiger partial charge in [-0.2, -0.15) is 0 Å². The van der Waals surface area contributed by atoms with Crippen molar-refractivity contribution in [3.05, 3.63) is 0 Å². The SMILES string of the molecule is CCOC(C1CC1)C(O)C1CCCC(CC)C1. The van der Waals surface area contributed by atoms with Crippen LogP contribution < -0.4 is 0 Å². The Morgan fingerprint density at radius 1 is 1.12 bits per heavy atom. The van der Waals surface area contributed by atoms with Gasteiger partial charge >= 0.3 is 0 Å². The fourth-order valence-corrected chi connectivity index (χ4v) is 3.41. The molecule has 0 radical (unpaired) electrons. The van der Waals surface area contributed by atoms with Crippen molar-refractivity contribution in [1.82, 2.24) is 0 Å². The lowest BCUT2D eigenvalue weighted by Gasteiger charge is -2.35. The molecule has 1 N–H and O–H groups in total. The quantitative estimate of drug-likeness (QED) is 0.771. The zero-order chi connectivity index (χ0) is 12.3. The van der Waals surface area contributed by atoms with E-state index in [1.807, 2.05) is 6.92 Å². The first kappa shape index (κ1) is 13.4. The predicted molar refractivity (Wildman–Crippen MR) is 69.9 cm³/mol. The Balaban J connectivity index is 1.89. The Morgan fingerprint density at radius 2 is 1.88 bits per heavy atom. The van der Waals surface area contributed by atoms with E-state index >= 15 is 0 Å². The van der Waals surface area contributed by atoms with Crippen LogP contribution in [0, 0.1) is 17.8 Å². The summed E-state index contributed by atoms with van der Waals surface area (Å²) >= 11 is 0. The van der Waals surface area contributed by atoms with Crippen molar-refractivity contribution in [3.63, 3.8) is 0 Å². The molecule has 0 aromatic rings. The zero-order valence-corrected chi connectivity index (χ0v) is 11.4. The molecular weight excluding hydrogens is 212 g/mol. The molecule has 2 rings (SSSR count). The van der Waals surface area contributed by atoms with E-state index in [0.29, 0.717) is 11.8 Å². The van der Waals surface area contributed by atoms with E-state index in [2.05, 4.69) is 6.92 Å². The highest BCUT2D eigenvalue weighted by molar-refractivity contribution is 4.91. The van der Waals surface area contributed by atoms with Crippen LogP contribution in [0.25, 0.3) is 0 Å². The second-order valence-corrected chi connectivity index (χ2v) is 5.95. The van der Waals surface area contributed by atoms with Crippen molar-refractivity contribution in [2.75, 3.05) is 6.61 Å². The second-order valence-electron chi connectivity index (χ2n) is 5.95. The van der Waals surface area contributed by atoms with E-state index in [0.717, 1.165) is 12.5 Å². The third-order valence-corrected chi connectivity index (χ3v) is 4.67. The largest absolute Gasteiger partial charge is 0.390 e. The van der Waals surface area contributed by atoms with Gasteiger partial charge in [0.1, 0.15) is 0 Å². The number of aliphatic hydroxyl groups is 1. The summed E-state index contributed by atoms with van der Waals surface area (Å²) in [6, 6.07) is 0. The summed E-state index contributed by atoms with van der Waals surface area (Å²) in [6.07, 6.45) is 8.77. The molecule has 2 aliphatic rings. The lowest BCUT2D eigenvalue weighted by molar-refractivity contribution is -0.0788. The monoisotopic (exact) mass is 240 g/mol. The van der Waals surface area contributed by atoms with Crippen molar-refractivity contribution < 1.29 is 9.84 Å². The first-order chi connectivity index (χ1) is 8.26. The highest BCUT2D eigenvalue weighted by Crippen LogP contribution is 2.41. The van der Waals surface area contributed by atoms with Crippen molar-refractivity contribution >= 4 is 0 Å². The Morgan fingerprint density at radius 3 is 2.47 bits per heavy atom. The lowest BCUT2D eigenvalue weighted by atomic mass is 9.76. The molecule has 2 nitrogen and oxygen atoms in total. The van der Waals surface area contributed by atoms with Crippen LogP contribution in [0.15, 0.2) is 0 Å². The van der Waals surface area contributed by atoms with E-state index < -0.39 is 0 Å². The van der Waals surface area contributed by atoms with Gasteiger partial charge in [0, 0.05) is 6.61 Å². The Labute approximate surface area is 106 Å². The minimum Gasteiger partial charge on any atom is -0.390 e. The van der Waals surface area contributed by atoms with Gasteiger partial charge in [0.25, 0.3) is 0 Å². The van der Waals surface area contributed by atoms with Gasteiger partial charge in [0.2, 0.25) is 0 Å². The summed E-state index contributed by atoms with van der Waals surface area (Å²) in [7, 11) is 0. The predicted octanol–water partition coefficient (Wildman–Crippen LogP) is 3.38. The van der Waals surface area contributed by atoms with Crippen LogP contribution >= 0.6 is 0 Å². The van der Waals surface area contributed by atoms with Gasteiger partial charge in [-0.05, 0) is 50.4 Å². The summed E-state index contributed by atoms with van der Waals surface area (Å²) in [5.41, 5.74) is 0. The number of hydrogen-bond donors (Lipinski definition) is 1. The number of rotatable bonds is 6. The number of ether oxygens (including phenoxy) is 1. The number of aliphatic hydroxyl groups excluding tert-OH is 1. The lowest BCUT2D eigenvalue weighted by Crippen LogP contribution is -2.39. The Bertz CT molecular complexity index is 225. The average molecular weight is 240 g/mol. The van der Waals surface area contributed by atoms with Gasteiger partial charge in [-0.25, -0.2) is 0 Å². The van der Waals surface area contributed by atoms with Crippen molar-refractivity contribution in [3.8, 4) is 0 Å². The molecule has 4 unspecified atom stereocenters. The highest BCUT2D eigenvalue weighted by atomic mass is 16.5. The molecule has 0 spiro atoms. The molecule has 4 atom stereocenters. The maximum absolute atomic E-state index is 10.6. The highest BCUT2D eigenvalue weighted by Gasteiger charge is 2.40. The molecule has 0 bridgehead atoms. The molecule has 2 heteroatoms. The second kappa shape index (κ2) is 6.19. The van der Waals surface area contributed by atoms with Crippen molar-refractivity contribution in [1.29, 1.82) is 0 Å². The van der Waals surface area contributed by atoms with Gasteiger partial charge in [-0.1, -0.05) is 26.2 Å². The van der Waals surface area contributed by atoms with Crippen LogP contribution in [-0.4, -0.2) is 23.9 Å². The molecular formula is C15H28O2. The van der Waals surface area contributed by atoms with Crippen LogP contribution in [0.3, 0.4) is 0 Å². The third kappa shape index (κ3) is 3.45. The third-order valence-electron chi connectivity index (χ3n) is 4.67. The fraction of sp³-hybridized carbons (Fsp3) is 1.00. The zero-order valence-electron chi connectivity index (χ0n) is 11.4. The van der Waals surface area contributed by atoms with E-state index in [4.69, 9.17) is 4.74 Å². The van der Waals surface area contributed by atoms with Gasteiger partial charge in [-0.15, -0.1) is 0 Å². The maximum Gasteiger partial charge on any atom is 0.0864 e. The van der Waals surface area contributed by atoms with Crippen LogP contribution in [0.5, 0.6) is 0 Å². The molecule has 0 aromatic heterocycles. The van der Waals surface area contributed by atoms with Gasteiger partial charge in [-0.3, -0.25) is 0 Å². The molecule has 100 valence electrons. The van der Waals surface area contributed by atoms with Crippen LogP contribution in [0.2, 0.25) is 0 Å². The standard InChI is InChI=1S/C15H28O2/c1-3-11-6-5-7-13(10-11)14(16)15(17-4-2)12-8-9-12/h11-16H,3-10H2,1-2H3. The van der Waals surface area contributed by atoms with Crippen molar-refractivity contribution in [2.24, 2.45) is 17.8 Å². The van der Waals surface area contributed by atoms with E-state index in [9.17, 15) is 5.11 Å². The molecule has 0 saturated heterocycles. The van der Waals surface area contributed by atoms with E-state index in [-0.39, 0.29) is 12.2 Å². The summed E-state index contributed by atoms with van der Waals surface area (Å²) in [4.78, 5) is 0. The minimum atomic E-state index is -0.211. The summed E-state index contributed by atoms with van der Waals surface area (Å²) in [5, 5.41) is 10.6. The molecule has 0 aliphatic heterocycles. The molecule has 2 fully saturated rings. The van der Waals surface area contributed by atoms with Crippen molar-refractivity contribution in [2.45, 2.75) is 71.0 Å². The van der Waals surface area contributed by atoms with Gasteiger partial charge in [0.15, 0.2) is 0 Å². The van der Waals surface area contributed by atoms with Crippen LogP contribution in [0.1, 0.15) is 58.8 Å². The van der Waals surface area contributed by atoms with Crippen LogP contribution in [-0.2, 0) is 4.74 Å². The first-order valence-electron chi connectivity index (χ1n) is 7.55. The summed E-state index contributed by atoms with van der Waals surface area (Å²) in [6.45, 7) is 5.06. The normalized spacial score (nSPS) is 33.4. The molecule has 2 saturated carbocycles. The first-order valence-corrected chi connectivity index (χ1v) is 7.55. The Hall–Kier alpha value is -0.0800. The Kier molecular flexibility index (Phi) is 4.87. The minimum absolute atomic E-state index is 0.126. The smallest absolute Gasteiger partial charge is 0.0864 e. The fourth-order valence-electron chi connectivity index (χ4n) is 3.41. The van der Waals surface area contributed by atoms with Crippen LogP contribution in [0.4, 0.5) is 0 Å². The van der Waals surface area contributed by atoms with E-state index in [1.165, 1.54) is 44.9 Å². The summed E-state index contributed by atoms with van der Waals surface area (Å²) < 4.78 is 5.80. The molecule has 0 aromatic carbocycles. The van der Waals surface area contributed by atoms with Gasteiger partial charge < -0.3 is 9.84 Å².